The molecule has 0 unspecified atom stereocenters. The van der Waals surface area contributed by atoms with Gasteiger partial charge in [-0.2, -0.15) is 0 Å². The lowest BCUT2D eigenvalue weighted by molar-refractivity contribution is -0.113. The van der Waals surface area contributed by atoms with E-state index >= 15 is 0 Å². The number of amides is 1. The van der Waals surface area contributed by atoms with Crippen LogP contribution in [0.1, 0.15) is 11.1 Å². The van der Waals surface area contributed by atoms with Crippen molar-refractivity contribution in [3.63, 3.8) is 0 Å². The molecule has 162 valence electrons. The third-order valence-corrected chi connectivity index (χ3v) is 6.73. The Morgan fingerprint density at radius 3 is 2.62 bits per heavy atom. The highest BCUT2D eigenvalue weighted by molar-refractivity contribution is 14.1. The Morgan fingerprint density at radius 1 is 1.12 bits per heavy atom. The second-order valence-electron chi connectivity index (χ2n) is 6.81. The quantitative estimate of drug-likeness (QED) is 0.192. The SMILES string of the molecule is COc1cc(/C=C2/SC(=S)N(c3ccccc3)C2=O)cc(I)c1OCc1cccc(F)c1. The number of thiocarbonyl (C=S) groups is 1. The largest absolute Gasteiger partial charge is 0.493 e. The van der Waals surface area contributed by atoms with E-state index in [1.54, 1.807) is 31.4 Å². The summed E-state index contributed by atoms with van der Waals surface area (Å²) in [7, 11) is 1.55. The number of hydrogen-bond donors (Lipinski definition) is 0. The van der Waals surface area contributed by atoms with Crippen LogP contribution < -0.4 is 14.4 Å². The molecule has 4 rings (SSSR count). The Balaban J connectivity index is 1.58. The monoisotopic (exact) mass is 577 g/mol. The third-order valence-electron chi connectivity index (χ3n) is 4.63. The molecular weight excluding hydrogens is 560 g/mol. The average molecular weight is 577 g/mol. The minimum atomic E-state index is -0.309. The Bertz CT molecular complexity index is 1220. The smallest absolute Gasteiger partial charge is 0.270 e. The van der Waals surface area contributed by atoms with E-state index in [1.807, 2.05) is 36.4 Å². The van der Waals surface area contributed by atoms with Crippen LogP contribution in [0.2, 0.25) is 0 Å². The fourth-order valence-electron chi connectivity index (χ4n) is 3.16. The summed E-state index contributed by atoms with van der Waals surface area (Å²) in [5.74, 6) is 0.618. The summed E-state index contributed by atoms with van der Waals surface area (Å²) < 4.78 is 26.2. The molecule has 0 aromatic heterocycles. The van der Waals surface area contributed by atoms with Crippen molar-refractivity contribution < 1.29 is 18.7 Å². The lowest BCUT2D eigenvalue weighted by atomic mass is 10.1. The molecular formula is C24H17FINO3S2. The van der Waals surface area contributed by atoms with Crippen LogP contribution in [0.4, 0.5) is 10.1 Å². The Morgan fingerprint density at radius 2 is 1.91 bits per heavy atom. The zero-order valence-electron chi connectivity index (χ0n) is 16.9. The normalized spacial score (nSPS) is 14.8. The lowest BCUT2D eigenvalue weighted by Gasteiger charge is -2.14. The predicted molar refractivity (Wildman–Crippen MR) is 139 cm³/mol. The van der Waals surface area contributed by atoms with E-state index in [9.17, 15) is 9.18 Å². The van der Waals surface area contributed by atoms with Crippen LogP contribution in [-0.4, -0.2) is 17.3 Å². The number of rotatable bonds is 6. The number of para-hydroxylation sites is 1. The fourth-order valence-corrected chi connectivity index (χ4v) is 5.24. The van der Waals surface area contributed by atoms with E-state index in [0.717, 1.165) is 20.4 Å². The topological polar surface area (TPSA) is 38.8 Å². The molecule has 0 atom stereocenters. The van der Waals surface area contributed by atoms with E-state index in [1.165, 1.54) is 28.8 Å². The van der Waals surface area contributed by atoms with Crippen molar-refractivity contribution in [3.8, 4) is 11.5 Å². The average Bonchev–Trinajstić information content (AvgIpc) is 3.06. The molecule has 1 amide bonds. The molecule has 0 saturated carbocycles. The molecule has 0 radical (unpaired) electrons. The molecule has 1 aliphatic heterocycles. The molecule has 0 aliphatic carbocycles. The molecule has 0 N–H and O–H groups in total. The number of methoxy groups -OCH3 is 1. The highest BCUT2D eigenvalue weighted by Gasteiger charge is 2.33. The maximum Gasteiger partial charge on any atom is 0.270 e. The first-order valence-electron chi connectivity index (χ1n) is 9.54. The first-order valence-corrected chi connectivity index (χ1v) is 11.8. The maximum atomic E-state index is 13.4. The van der Waals surface area contributed by atoms with E-state index in [2.05, 4.69) is 22.6 Å². The van der Waals surface area contributed by atoms with Crippen LogP contribution >= 0.6 is 46.6 Å². The van der Waals surface area contributed by atoms with Gasteiger partial charge in [-0.1, -0.05) is 54.3 Å². The zero-order chi connectivity index (χ0) is 22.7. The van der Waals surface area contributed by atoms with Gasteiger partial charge in [-0.05, 0) is 76.2 Å². The van der Waals surface area contributed by atoms with Gasteiger partial charge in [0.25, 0.3) is 5.91 Å². The van der Waals surface area contributed by atoms with Gasteiger partial charge >= 0.3 is 0 Å². The number of halogens is 2. The number of benzene rings is 3. The second kappa shape index (κ2) is 10.0. The van der Waals surface area contributed by atoms with Gasteiger partial charge in [-0.3, -0.25) is 9.69 Å². The van der Waals surface area contributed by atoms with E-state index in [-0.39, 0.29) is 18.3 Å². The third kappa shape index (κ3) is 4.97. The summed E-state index contributed by atoms with van der Waals surface area (Å²) >= 11 is 8.85. The van der Waals surface area contributed by atoms with Gasteiger partial charge in [0, 0.05) is 0 Å². The van der Waals surface area contributed by atoms with Crippen molar-refractivity contribution in [2.45, 2.75) is 6.61 Å². The van der Waals surface area contributed by atoms with Crippen LogP contribution in [0, 0.1) is 9.39 Å². The fraction of sp³-hybridized carbons (Fsp3) is 0.0833. The molecule has 3 aromatic rings. The molecule has 3 aromatic carbocycles. The van der Waals surface area contributed by atoms with Gasteiger partial charge in [0.1, 0.15) is 12.4 Å². The van der Waals surface area contributed by atoms with E-state index in [0.29, 0.717) is 20.7 Å². The predicted octanol–water partition coefficient (Wildman–Crippen LogP) is 6.42. The van der Waals surface area contributed by atoms with Crippen molar-refractivity contribution in [2.24, 2.45) is 0 Å². The Labute approximate surface area is 208 Å². The molecule has 1 saturated heterocycles. The number of thioether (sulfide) groups is 1. The molecule has 1 heterocycles. The highest BCUT2D eigenvalue weighted by atomic mass is 127. The van der Waals surface area contributed by atoms with Crippen molar-refractivity contribution >= 4 is 68.6 Å². The standard InChI is InChI=1S/C24H17FINO3S2/c1-29-20-12-16(11-19(26)22(20)30-14-15-6-5-7-17(25)10-15)13-21-23(28)27(24(31)32-21)18-8-3-2-4-9-18/h2-13H,14H2,1H3/b21-13+. The molecule has 0 spiro atoms. The molecule has 8 heteroatoms. The van der Waals surface area contributed by atoms with Crippen LogP contribution in [0.25, 0.3) is 6.08 Å². The zero-order valence-corrected chi connectivity index (χ0v) is 20.7. The number of anilines is 1. The van der Waals surface area contributed by atoms with E-state index in [4.69, 9.17) is 21.7 Å². The first kappa shape index (κ1) is 22.8. The first-order chi connectivity index (χ1) is 15.5. The van der Waals surface area contributed by atoms with Crippen LogP contribution in [0.5, 0.6) is 11.5 Å². The number of carbonyl (C=O) groups is 1. The second-order valence-corrected chi connectivity index (χ2v) is 9.64. The van der Waals surface area contributed by atoms with Gasteiger partial charge in [0.05, 0.1) is 21.3 Å². The van der Waals surface area contributed by atoms with Gasteiger partial charge in [0.15, 0.2) is 15.8 Å². The van der Waals surface area contributed by atoms with Crippen molar-refractivity contribution in [1.29, 1.82) is 0 Å². The molecule has 1 fully saturated rings. The van der Waals surface area contributed by atoms with Gasteiger partial charge < -0.3 is 9.47 Å². The summed E-state index contributed by atoms with van der Waals surface area (Å²) in [6, 6.07) is 19.3. The van der Waals surface area contributed by atoms with Crippen molar-refractivity contribution in [3.05, 3.63) is 92.1 Å². The summed E-state index contributed by atoms with van der Waals surface area (Å²) in [6.07, 6.45) is 1.79. The molecule has 1 aliphatic rings. The molecule has 0 bridgehead atoms. The van der Waals surface area contributed by atoms with Crippen molar-refractivity contribution in [1.82, 2.24) is 0 Å². The summed E-state index contributed by atoms with van der Waals surface area (Å²) in [6.45, 7) is 0.208. The summed E-state index contributed by atoms with van der Waals surface area (Å²) in [5, 5.41) is 0. The molecule has 32 heavy (non-hydrogen) atoms. The summed E-state index contributed by atoms with van der Waals surface area (Å²) in [5.41, 5.74) is 2.25. The summed E-state index contributed by atoms with van der Waals surface area (Å²) in [4.78, 5) is 15.0. The van der Waals surface area contributed by atoms with Crippen LogP contribution in [0.3, 0.4) is 0 Å². The van der Waals surface area contributed by atoms with Gasteiger partial charge in [-0.15, -0.1) is 0 Å². The van der Waals surface area contributed by atoms with Crippen LogP contribution in [-0.2, 0) is 11.4 Å². The van der Waals surface area contributed by atoms with Crippen LogP contribution in [0.15, 0.2) is 71.6 Å². The van der Waals surface area contributed by atoms with Gasteiger partial charge in [0.2, 0.25) is 0 Å². The van der Waals surface area contributed by atoms with Crippen molar-refractivity contribution in [2.75, 3.05) is 12.0 Å². The number of hydrogen-bond acceptors (Lipinski definition) is 5. The highest BCUT2D eigenvalue weighted by Crippen LogP contribution is 2.39. The lowest BCUT2D eigenvalue weighted by Crippen LogP contribution is -2.27. The van der Waals surface area contributed by atoms with E-state index < -0.39 is 0 Å². The number of nitrogens with zero attached hydrogens (tertiary/aromatic N) is 1. The minimum absolute atomic E-state index is 0.161. The number of carbonyl (C=O) groups excluding carboxylic acids is 1. The Hall–Kier alpha value is -2.43. The Kier molecular flexibility index (Phi) is 7.12. The molecule has 4 nitrogen and oxygen atoms in total. The minimum Gasteiger partial charge on any atom is -0.493 e. The van der Waals surface area contributed by atoms with Gasteiger partial charge in [-0.25, -0.2) is 4.39 Å². The maximum absolute atomic E-state index is 13.4. The number of ether oxygens (including phenoxy) is 2.